The molecule has 4 aliphatic rings. The molecule has 6 nitrogen and oxygen atoms in total. The number of dihydropyridines is 1. The number of nitrogens with zero attached hydrogens (tertiary/aromatic N) is 2. The number of anilines is 1. The predicted octanol–water partition coefficient (Wildman–Crippen LogP) is 5.17. The van der Waals surface area contributed by atoms with Crippen LogP contribution in [0.5, 0.6) is 0 Å². The molecule has 2 unspecified atom stereocenters. The molecule has 1 saturated carbocycles. The molecule has 4 atom stereocenters. The van der Waals surface area contributed by atoms with Crippen molar-refractivity contribution in [1.29, 1.82) is 0 Å². The largest absolute Gasteiger partial charge is 0.432 e. The highest BCUT2D eigenvalue weighted by Gasteiger charge is 2.53. The number of hydrogen-bond acceptors (Lipinski definition) is 5. The number of alkyl halides is 3. The minimum Gasteiger partial charge on any atom is -0.385 e. The quantitative estimate of drug-likeness (QED) is 0.516. The lowest BCUT2D eigenvalue weighted by molar-refractivity contribution is -0.0596. The topological polar surface area (TPSA) is 66.0 Å². The van der Waals surface area contributed by atoms with E-state index >= 15 is 0 Å². The van der Waals surface area contributed by atoms with E-state index in [1.165, 1.54) is 6.08 Å². The number of carbonyl (C=O) groups excluding carboxylic acids is 1. The number of rotatable bonds is 5. The zero-order valence-corrected chi connectivity index (χ0v) is 22.1. The van der Waals surface area contributed by atoms with Gasteiger partial charge in [-0.25, -0.2) is 0 Å². The molecular formula is C29H37F3N4O2. The van der Waals surface area contributed by atoms with Crippen LogP contribution in [0, 0.1) is 5.41 Å². The Morgan fingerprint density at radius 2 is 1.74 bits per heavy atom. The van der Waals surface area contributed by atoms with Crippen molar-refractivity contribution in [2.24, 2.45) is 10.4 Å². The Morgan fingerprint density at radius 1 is 1.05 bits per heavy atom. The van der Waals surface area contributed by atoms with E-state index in [-0.39, 0.29) is 18.0 Å². The van der Waals surface area contributed by atoms with E-state index in [4.69, 9.17) is 4.74 Å². The standard InChI is InChI=1S/C29H37F3N4O2/c1-27-12-3-4-13-28(27,2)35-25(29(30,31)32)19-24(27)33-21-6-5-7-22(18-21)34-26(37)20-8-10-23(11-9-20)36-14-16-38-17-15-36/h3-4,8-11,19,21-22,33H,5-7,12-18H2,1-2H3,(H,34,37)/t21-,22+,27?,28?/m0/s1. The van der Waals surface area contributed by atoms with Gasteiger partial charge in [0, 0.05) is 47.5 Å². The Bertz CT molecular complexity index is 1120. The maximum atomic E-state index is 13.8. The molecule has 2 fully saturated rings. The molecule has 1 aromatic rings. The monoisotopic (exact) mass is 530 g/mol. The number of allylic oxidation sites excluding steroid dienone is 2. The third-order valence-electron chi connectivity index (χ3n) is 8.80. The highest BCUT2D eigenvalue weighted by Crippen LogP contribution is 2.51. The summed E-state index contributed by atoms with van der Waals surface area (Å²) in [5.41, 5.74) is 0.0513. The van der Waals surface area contributed by atoms with E-state index in [1.54, 1.807) is 0 Å². The normalized spacial score (nSPS) is 31.7. The number of aliphatic imine (C=N–C) groups is 1. The van der Waals surface area contributed by atoms with Gasteiger partial charge < -0.3 is 20.3 Å². The molecule has 38 heavy (non-hydrogen) atoms. The molecule has 9 heteroatoms. The molecule has 5 rings (SSSR count). The summed E-state index contributed by atoms with van der Waals surface area (Å²) in [5, 5.41) is 6.65. The number of carbonyl (C=O) groups is 1. The first-order valence-corrected chi connectivity index (χ1v) is 13.6. The molecular weight excluding hydrogens is 493 g/mol. The highest BCUT2D eigenvalue weighted by atomic mass is 19.4. The zero-order chi connectivity index (χ0) is 27.0. The van der Waals surface area contributed by atoms with Crippen LogP contribution in [-0.4, -0.2) is 61.7 Å². The SMILES string of the molecule is CC12CC=CCC1(C)C(N[C@H]1CCC[C@@H](NC(=O)c3ccc(N4CCOCC4)cc3)C1)=CC(C(F)(F)F)=N2. The number of halogens is 3. The number of hydrogen-bond donors (Lipinski definition) is 2. The fourth-order valence-electron chi connectivity index (χ4n) is 6.17. The van der Waals surface area contributed by atoms with Gasteiger partial charge in [-0.15, -0.1) is 0 Å². The molecule has 2 aliphatic carbocycles. The second kappa shape index (κ2) is 10.4. The van der Waals surface area contributed by atoms with Crippen LogP contribution in [-0.2, 0) is 4.74 Å². The van der Waals surface area contributed by atoms with Gasteiger partial charge in [0.1, 0.15) is 5.71 Å². The number of ether oxygens (including phenoxy) is 1. The second-order valence-corrected chi connectivity index (χ2v) is 11.4. The molecule has 2 heterocycles. The molecule has 0 aromatic heterocycles. The van der Waals surface area contributed by atoms with Crippen molar-refractivity contribution in [3.05, 3.63) is 53.8 Å². The smallest absolute Gasteiger partial charge is 0.385 e. The highest BCUT2D eigenvalue weighted by molar-refractivity contribution is 6.01. The van der Waals surface area contributed by atoms with Crippen molar-refractivity contribution in [3.63, 3.8) is 0 Å². The summed E-state index contributed by atoms with van der Waals surface area (Å²) in [6.07, 6.45) is 5.02. The number of fused-ring (bicyclic) bond motifs is 1. The molecule has 1 amide bonds. The van der Waals surface area contributed by atoms with Crippen LogP contribution in [0.25, 0.3) is 0 Å². The van der Waals surface area contributed by atoms with Crippen molar-refractivity contribution in [3.8, 4) is 0 Å². The van der Waals surface area contributed by atoms with Gasteiger partial charge in [0.15, 0.2) is 0 Å². The van der Waals surface area contributed by atoms with Crippen LogP contribution >= 0.6 is 0 Å². The summed E-state index contributed by atoms with van der Waals surface area (Å²) in [6.45, 7) is 6.91. The van der Waals surface area contributed by atoms with Crippen LogP contribution in [0.4, 0.5) is 18.9 Å². The number of amides is 1. The Kier molecular flexibility index (Phi) is 7.33. The molecule has 2 N–H and O–H groups in total. The van der Waals surface area contributed by atoms with Gasteiger partial charge in [-0.05, 0) is 75.8 Å². The first kappa shape index (κ1) is 26.8. The van der Waals surface area contributed by atoms with Crippen molar-refractivity contribution in [2.75, 3.05) is 31.2 Å². The lowest BCUT2D eigenvalue weighted by Crippen LogP contribution is -2.54. The number of nitrogens with one attached hydrogen (secondary N) is 2. The van der Waals surface area contributed by atoms with Gasteiger partial charge >= 0.3 is 6.18 Å². The van der Waals surface area contributed by atoms with Crippen LogP contribution in [0.1, 0.15) is 62.7 Å². The minimum atomic E-state index is -4.50. The fourth-order valence-corrected chi connectivity index (χ4v) is 6.17. The summed E-state index contributed by atoms with van der Waals surface area (Å²) in [7, 11) is 0. The van der Waals surface area contributed by atoms with E-state index in [0.717, 1.165) is 38.0 Å². The molecule has 2 aliphatic heterocycles. The molecule has 0 spiro atoms. The Labute approximate surface area is 222 Å². The van der Waals surface area contributed by atoms with E-state index in [2.05, 4.69) is 20.5 Å². The molecule has 0 bridgehead atoms. The summed E-state index contributed by atoms with van der Waals surface area (Å²) >= 11 is 0. The van der Waals surface area contributed by atoms with Crippen LogP contribution in [0.2, 0.25) is 0 Å². The second-order valence-electron chi connectivity index (χ2n) is 11.4. The maximum Gasteiger partial charge on any atom is 0.432 e. The van der Waals surface area contributed by atoms with Gasteiger partial charge in [-0.3, -0.25) is 9.79 Å². The summed E-state index contributed by atoms with van der Waals surface area (Å²) < 4.78 is 46.7. The van der Waals surface area contributed by atoms with Crippen molar-refractivity contribution < 1.29 is 22.7 Å². The van der Waals surface area contributed by atoms with Crippen molar-refractivity contribution in [2.45, 2.75) is 76.2 Å². The van der Waals surface area contributed by atoms with Crippen molar-refractivity contribution >= 4 is 17.3 Å². The Hall–Kier alpha value is -2.81. The third-order valence-corrected chi connectivity index (χ3v) is 8.80. The molecule has 0 radical (unpaired) electrons. The number of benzene rings is 1. The average molecular weight is 531 g/mol. The van der Waals surface area contributed by atoms with Gasteiger partial charge in [0.2, 0.25) is 0 Å². The van der Waals surface area contributed by atoms with E-state index in [1.807, 2.05) is 50.3 Å². The lowest BCUT2D eigenvalue weighted by atomic mass is 9.62. The average Bonchev–Trinajstić information content (AvgIpc) is 2.89. The van der Waals surface area contributed by atoms with E-state index in [0.29, 0.717) is 43.7 Å². The van der Waals surface area contributed by atoms with E-state index < -0.39 is 22.8 Å². The summed E-state index contributed by atoms with van der Waals surface area (Å²) in [4.78, 5) is 19.5. The third kappa shape index (κ3) is 5.35. The van der Waals surface area contributed by atoms with Crippen LogP contribution < -0.4 is 15.5 Å². The Balaban J connectivity index is 1.25. The van der Waals surface area contributed by atoms with Gasteiger partial charge in [0.05, 0.1) is 18.8 Å². The predicted molar refractivity (Wildman–Crippen MR) is 143 cm³/mol. The van der Waals surface area contributed by atoms with Crippen LogP contribution in [0.15, 0.2) is 53.2 Å². The number of morpholine rings is 1. The lowest BCUT2D eigenvalue weighted by Gasteiger charge is -2.50. The van der Waals surface area contributed by atoms with Gasteiger partial charge in [-0.1, -0.05) is 19.1 Å². The van der Waals surface area contributed by atoms with Crippen LogP contribution in [0.3, 0.4) is 0 Å². The minimum absolute atomic E-state index is 0.0245. The van der Waals surface area contributed by atoms with Gasteiger partial charge in [0.25, 0.3) is 5.91 Å². The first-order valence-electron chi connectivity index (χ1n) is 13.6. The zero-order valence-electron chi connectivity index (χ0n) is 22.1. The van der Waals surface area contributed by atoms with Gasteiger partial charge in [-0.2, -0.15) is 13.2 Å². The molecule has 1 aromatic carbocycles. The van der Waals surface area contributed by atoms with Crippen molar-refractivity contribution in [1.82, 2.24) is 10.6 Å². The molecule has 1 saturated heterocycles. The fraction of sp³-hybridized carbons (Fsp3) is 0.586. The summed E-state index contributed by atoms with van der Waals surface area (Å²) in [5.74, 6) is -0.121. The van der Waals surface area contributed by atoms with E-state index in [9.17, 15) is 18.0 Å². The Morgan fingerprint density at radius 3 is 2.45 bits per heavy atom. The summed E-state index contributed by atoms with van der Waals surface area (Å²) in [6, 6.07) is 7.57. The molecule has 206 valence electrons. The first-order chi connectivity index (χ1) is 18.1. The maximum absolute atomic E-state index is 13.8.